The number of β-amino-alcohol motifs (C(OH)–C–C–N with tert-alkyl or cyclic N) is 1. The molecule has 2 aliphatic heterocycles. The Morgan fingerprint density at radius 1 is 1.29 bits per heavy atom. The zero-order valence-corrected chi connectivity index (χ0v) is 14.5. The third-order valence-corrected chi connectivity index (χ3v) is 5.32. The van der Waals surface area contributed by atoms with Crippen LogP contribution in [0.2, 0.25) is 0 Å². The maximum atomic E-state index is 11.5. The van der Waals surface area contributed by atoms with Crippen LogP contribution >= 0.6 is 0 Å². The van der Waals surface area contributed by atoms with Gasteiger partial charge in [-0.15, -0.1) is 0 Å². The highest BCUT2D eigenvalue weighted by Gasteiger charge is 2.29. The smallest absolute Gasteiger partial charge is 0.219 e. The van der Waals surface area contributed by atoms with Crippen LogP contribution in [-0.2, 0) is 11.2 Å². The SMILES string of the molecule is CC(=O)N1CCC(N2CCN(CCc3cn[nH]c3)CC(O)C2)CC1. The molecular weight excluding hydrogens is 306 g/mol. The van der Waals surface area contributed by atoms with E-state index in [0.29, 0.717) is 6.04 Å². The third kappa shape index (κ3) is 4.55. The van der Waals surface area contributed by atoms with E-state index in [1.165, 1.54) is 5.56 Å². The van der Waals surface area contributed by atoms with Crippen LogP contribution in [0.4, 0.5) is 0 Å². The Balaban J connectivity index is 1.48. The van der Waals surface area contributed by atoms with Crippen molar-refractivity contribution in [3.63, 3.8) is 0 Å². The van der Waals surface area contributed by atoms with Crippen molar-refractivity contribution in [3.8, 4) is 0 Å². The summed E-state index contributed by atoms with van der Waals surface area (Å²) in [7, 11) is 0. The molecule has 0 aliphatic carbocycles. The van der Waals surface area contributed by atoms with Crippen LogP contribution < -0.4 is 0 Å². The van der Waals surface area contributed by atoms with Gasteiger partial charge in [-0.2, -0.15) is 5.10 Å². The lowest BCUT2D eigenvalue weighted by atomic mass is 10.0. The molecule has 1 aromatic heterocycles. The third-order valence-electron chi connectivity index (χ3n) is 5.32. The number of carbonyl (C=O) groups is 1. The summed E-state index contributed by atoms with van der Waals surface area (Å²) in [5, 5.41) is 17.2. The number of aliphatic hydroxyl groups is 1. The maximum Gasteiger partial charge on any atom is 0.219 e. The van der Waals surface area contributed by atoms with Crippen molar-refractivity contribution in [1.82, 2.24) is 24.9 Å². The first kappa shape index (κ1) is 17.4. The molecule has 0 bridgehead atoms. The Labute approximate surface area is 143 Å². The Morgan fingerprint density at radius 2 is 2.08 bits per heavy atom. The van der Waals surface area contributed by atoms with Crippen LogP contribution in [0.25, 0.3) is 0 Å². The van der Waals surface area contributed by atoms with E-state index in [9.17, 15) is 9.90 Å². The van der Waals surface area contributed by atoms with Crippen molar-refractivity contribution in [2.45, 2.75) is 38.3 Å². The van der Waals surface area contributed by atoms with Crippen molar-refractivity contribution in [3.05, 3.63) is 18.0 Å². The van der Waals surface area contributed by atoms with Crippen molar-refractivity contribution in [2.24, 2.45) is 0 Å². The first-order chi connectivity index (χ1) is 11.6. The number of piperidine rings is 1. The summed E-state index contributed by atoms with van der Waals surface area (Å²) in [6.07, 6.45) is 6.48. The van der Waals surface area contributed by atoms with Crippen molar-refractivity contribution in [2.75, 3.05) is 45.8 Å². The number of aromatic nitrogens is 2. The van der Waals surface area contributed by atoms with Crippen LogP contribution in [-0.4, -0.2) is 93.9 Å². The first-order valence-electron chi connectivity index (χ1n) is 8.99. The number of hydrogen-bond donors (Lipinski definition) is 2. The predicted molar refractivity (Wildman–Crippen MR) is 91.6 cm³/mol. The average molecular weight is 335 g/mol. The molecule has 3 rings (SSSR count). The van der Waals surface area contributed by atoms with E-state index in [1.807, 2.05) is 17.3 Å². The van der Waals surface area contributed by atoms with Gasteiger partial charge in [0.25, 0.3) is 0 Å². The number of nitrogens with zero attached hydrogens (tertiary/aromatic N) is 4. The fourth-order valence-electron chi connectivity index (χ4n) is 3.86. The summed E-state index contributed by atoms with van der Waals surface area (Å²) in [6.45, 7) is 7.75. The molecule has 0 radical (unpaired) electrons. The lowest BCUT2D eigenvalue weighted by Crippen LogP contribution is -2.48. The van der Waals surface area contributed by atoms with Crippen LogP contribution in [0.15, 0.2) is 12.4 Å². The second-order valence-electron chi connectivity index (χ2n) is 7.04. The van der Waals surface area contributed by atoms with Gasteiger partial charge in [0.1, 0.15) is 0 Å². The molecule has 2 saturated heterocycles. The highest BCUT2D eigenvalue weighted by molar-refractivity contribution is 5.73. The van der Waals surface area contributed by atoms with E-state index >= 15 is 0 Å². The number of likely N-dealkylation sites (tertiary alicyclic amines) is 1. The van der Waals surface area contributed by atoms with Gasteiger partial charge in [0.15, 0.2) is 0 Å². The molecule has 1 atom stereocenters. The van der Waals surface area contributed by atoms with E-state index in [4.69, 9.17) is 0 Å². The topological polar surface area (TPSA) is 75.7 Å². The molecule has 7 nitrogen and oxygen atoms in total. The average Bonchev–Trinajstić information content (AvgIpc) is 3.02. The number of hydrogen-bond acceptors (Lipinski definition) is 5. The van der Waals surface area contributed by atoms with Gasteiger partial charge >= 0.3 is 0 Å². The summed E-state index contributed by atoms with van der Waals surface area (Å²) in [6, 6.07) is 0.490. The Morgan fingerprint density at radius 3 is 2.75 bits per heavy atom. The van der Waals surface area contributed by atoms with Crippen LogP contribution in [0.5, 0.6) is 0 Å². The predicted octanol–water partition coefficient (Wildman–Crippen LogP) is -0.0584. The first-order valence-corrected chi connectivity index (χ1v) is 8.99. The zero-order chi connectivity index (χ0) is 16.9. The van der Waals surface area contributed by atoms with Crippen LogP contribution in [0.3, 0.4) is 0 Å². The van der Waals surface area contributed by atoms with Crippen LogP contribution in [0.1, 0.15) is 25.3 Å². The molecule has 0 spiro atoms. The Hall–Kier alpha value is -1.44. The highest BCUT2D eigenvalue weighted by Crippen LogP contribution is 2.19. The molecule has 1 amide bonds. The Kier molecular flexibility index (Phi) is 5.86. The van der Waals surface area contributed by atoms with Gasteiger partial charge < -0.3 is 10.0 Å². The largest absolute Gasteiger partial charge is 0.390 e. The minimum absolute atomic E-state index is 0.176. The summed E-state index contributed by atoms with van der Waals surface area (Å²) in [4.78, 5) is 18.2. The Bertz CT molecular complexity index is 513. The van der Waals surface area contributed by atoms with Gasteiger partial charge in [-0.1, -0.05) is 0 Å². The minimum Gasteiger partial charge on any atom is -0.390 e. The van der Waals surface area contributed by atoms with Crippen molar-refractivity contribution >= 4 is 5.91 Å². The standard InChI is InChI=1S/C17H29N5O2/c1-14(23)21-6-3-16(4-7-21)22-9-8-20(12-17(24)13-22)5-2-15-10-18-19-11-15/h10-11,16-17,24H,2-9,12-13H2,1H3,(H,18,19). The number of aromatic amines is 1. The van der Waals surface area contributed by atoms with Gasteiger partial charge in [0.2, 0.25) is 5.91 Å². The molecule has 2 N–H and O–H groups in total. The molecule has 0 saturated carbocycles. The summed E-state index contributed by atoms with van der Waals surface area (Å²) < 4.78 is 0. The fraction of sp³-hybridized carbons (Fsp3) is 0.765. The van der Waals surface area contributed by atoms with Gasteiger partial charge in [-0.3, -0.25) is 19.7 Å². The fourth-order valence-corrected chi connectivity index (χ4v) is 3.86. The lowest BCUT2D eigenvalue weighted by Gasteiger charge is -2.38. The van der Waals surface area contributed by atoms with Crippen molar-refractivity contribution in [1.29, 1.82) is 0 Å². The van der Waals surface area contributed by atoms with Gasteiger partial charge in [-0.25, -0.2) is 0 Å². The number of aliphatic hydroxyl groups excluding tert-OH is 1. The summed E-state index contributed by atoms with van der Waals surface area (Å²) in [5.41, 5.74) is 1.21. The quantitative estimate of drug-likeness (QED) is 0.806. The van der Waals surface area contributed by atoms with E-state index in [1.54, 1.807) is 6.92 Å². The number of H-pyrrole nitrogens is 1. The molecule has 1 aromatic rings. The highest BCUT2D eigenvalue weighted by atomic mass is 16.3. The second kappa shape index (κ2) is 8.09. The molecule has 134 valence electrons. The normalized spacial score (nSPS) is 24.9. The molecule has 2 fully saturated rings. The second-order valence-corrected chi connectivity index (χ2v) is 7.04. The maximum absolute atomic E-state index is 11.5. The van der Waals surface area contributed by atoms with Crippen LogP contribution in [0, 0.1) is 0 Å². The molecule has 24 heavy (non-hydrogen) atoms. The van der Waals surface area contributed by atoms with E-state index in [-0.39, 0.29) is 12.0 Å². The van der Waals surface area contributed by atoms with E-state index in [0.717, 1.165) is 65.1 Å². The number of amides is 1. The molecule has 2 aliphatic rings. The van der Waals surface area contributed by atoms with Gasteiger partial charge in [-0.05, 0) is 24.8 Å². The summed E-state index contributed by atoms with van der Waals surface area (Å²) >= 11 is 0. The molecule has 0 aromatic carbocycles. The zero-order valence-electron chi connectivity index (χ0n) is 14.5. The number of carbonyl (C=O) groups excluding carboxylic acids is 1. The lowest BCUT2D eigenvalue weighted by molar-refractivity contribution is -0.130. The van der Waals surface area contributed by atoms with E-state index in [2.05, 4.69) is 20.0 Å². The number of nitrogens with one attached hydrogen (secondary N) is 1. The minimum atomic E-state index is -0.303. The molecule has 3 heterocycles. The van der Waals surface area contributed by atoms with Gasteiger partial charge in [0.05, 0.1) is 12.3 Å². The van der Waals surface area contributed by atoms with Gasteiger partial charge in [0, 0.05) is 65.0 Å². The molecular formula is C17H29N5O2. The van der Waals surface area contributed by atoms with E-state index < -0.39 is 0 Å². The molecule has 1 unspecified atom stereocenters. The monoisotopic (exact) mass is 335 g/mol. The van der Waals surface area contributed by atoms with Crippen molar-refractivity contribution < 1.29 is 9.90 Å². The number of rotatable bonds is 4. The molecule has 7 heteroatoms. The summed E-state index contributed by atoms with van der Waals surface area (Å²) in [5.74, 6) is 0.176.